The van der Waals surface area contributed by atoms with Crippen molar-refractivity contribution in [1.29, 1.82) is 0 Å². The van der Waals surface area contributed by atoms with E-state index in [2.05, 4.69) is 11.9 Å². The Morgan fingerprint density at radius 3 is 2.66 bits per heavy atom. The standard InChI is InChI=1S/C27H29N3O3S2/c1-4-5-6-7-8-14-30-26(32)22(35-27(30)34)17-21-24(33-20-13-9-11-18(2)16-20)28-23-19(3)12-10-15-29(23)25(21)31/h9-13,15-17H,4-8,14H2,1-3H3/b22-17+. The summed E-state index contributed by atoms with van der Waals surface area (Å²) in [5.74, 6) is 0.564. The largest absolute Gasteiger partial charge is 0.438 e. The molecule has 182 valence electrons. The minimum atomic E-state index is -0.300. The lowest BCUT2D eigenvalue weighted by atomic mass is 10.1. The number of rotatable bonds is 9. The SMILES string of the molecule is CCCCCCCN1C(=O)/C(=C\c2c(Oc3cccc(C)c3)nc3c(C)cccn3c2=O)SC1=S. The van der Waals surface area contributed by atoms with Gasteiger partial charge in [0.1, 0.15) is 21.3 Å². The third-order valence-corrected chi connectivity index (χ3v) is 7.27. The maximum Gasteiger partial charge on any atom is 0.269 e. The van der Waals surface area contributed by atoms with Crippen LogP contribution >= 0.6 is 24.0 Å². The van der Waals surface area contributed by atoms with Gasteiger partial charge in [-0.2, -0.15) is 4.98 Å². The molecule has 1 amide bonds. The van der Waals surface area contributed by atoms with Gasteiger partial charge in [0, 0.05) is 12.7 Å². The number of nitrogens with zero attached hydrogens (tertiary/aromatic N) is 3. The first kappa shape index (κ1) is 25.1. The zero-order valence-electron chi connectivity index (χ0n) is 20.2. The Kier molecular flexibility index (Phi) is 8.03. The molecule has 3 heterocycles. The molecule has 6 nitrogen and oxygen atoms in total. The van der Waals surface area contributed by atoms with E-state index in [0.717, 1.165) is 30.4 Å². The van der Waals surface area contributed by atoms with Crippen molar-refractivity contribution in [2.45, 2.75) is 52.9 Å². The van der Waals surface area contributed by atoms with Crippen molar-refractivity contribution in [1.82, 2.24) is 14.3 Å². The first-order valence-electron chi connectivity index (χ1n) is 11.9. The number of aryl methyl sites for hydroxylation is 2. The number of hydrogen-bond acceptors (Lipinski definition) is 6. The van der Waals surface area contributed by atoms with Crippen molar-refractivity contribution in [2.24, 2.45) is 0 Å². The number of fused-ring (bicyclic) bond motifs is 1. The van der Waals surface area contributed by atoms with Gasteiger partial charge >= 0.3 is 0 Å². The van der Waals surface area contributed by atoms with E-state index in [1.165, 1.54) is 29.0 Å². The van der Waals surface area contributed by atoms with Crippen LogP contribution in [0.1, 0.15) is 55.7 Å². The maximum atomic E-state index is 13.5. The first-order valence-corrected chi connectivity index (χ1v) is 13.1. The summed E-state index contributed by atoms with van der Waals surface area (Å²) < 4.78 is 8.10. The van der Waals surface area contributed by atoms with Crippen LogP contribution in [0.2, 0.25) is 0 Å². The van der Waals surface area contributed by atoms with E-state index in [1.807, 2.05) is 44.2 Å². The van der Waals surface area contributed by atoms with Crippen molar-refractivity contribution in [2.75, 3.05) is 6.54 Å². The van der Waals surface area contributed by atoms with Crippen molar-refractivity contribution in [3.8, 4) is 11.6 Å². The number of carbonyl (C=O) groups is 1. The summed E-state index contributed by atoms with van der Waals surface area (Å²) in [4.78, 5) is 33.4. The highest BCUT2D eigenvalue weighted by molar-refractivity contribution is 8.26. The quantitative estimate of drug-likeness (QED) is 0.193. The molecule has 0 unspecified atom stereocenters. The van der Waals surface area contributed by atoms with E-state index in [0.29, 0.717) is 27.2 Å². The molecule has 1 aromatic carbocycles. The molecule has 1 aliphatic rings. The van der Waals surface area contributed by atoms with E-state index in [-0.39, 0.29) is 22.9 Å². The van der Waals surface area contributed by atoms with Gasteiger partial charge in [-0.3, -0.25) is 18.9 Å². The number of pyridine rings is 1. The fraction of sp³-hybridized carbons (Fsp3) is 0.333. The van der Waals surface area contributed by atoms with Gasteiger partial charge in [0.2, 0.25) is 5.88 Å². The molecular formula is C27H29N3O3S2. The Hall–Kier alpha value is -2.97. The lowest BCUT2D eigenvalue weighted by Gasteiger charge is -2.14. The fourth-order valence-electron chi connectivity index (χ4n) is 3.98. The monoisotopic (exact) mass is 507 g/mol. The van der Waals surface area contributed by atoms with Gasteiger partial charge in [-0.25, -0.2) is 0 Å². The van der Waals surface area contributed by atoms with Gasteiger partial charge in [0.05, 0.1) is 4.91 Å². The Bertz CT molecular complexity index is 1360. The van der Waals surface area contributed by atoms with Gasteiger partial charge in [0.15, 0.2) is 0 Å². The van der Waals surface area contributed by atoms with Gasteiger partial charge < -0.3 is 4.74 Å². The van der Waals surface area contributed by atoms with Crippen LogP contribution in [-0.2, 0) is 4.79 Å². The van der Waals surface area contributed by atoms with E-state index < -0.39 is 0 Å². The van der Waals surface area contributed by atoms with Crippen LogP contribution in [0.3, 0.4) is 0 Å². The van der Waals surface area contributed by atoms with Crippen LogP contribution < -0.4 is 10.3 Å². The molecule has 0 aliphatic carbocycles. The Morgan fingerprint density at radius 2 is 1.89 bits per heavy atom. The van der Waals surface area contributed by atoms with Crippen LogP contribution in [0.15, 0.2) is 52.3 Å². The number of unbranched alkanes of at least 4 members (excludes halogenated alkanes) is 4. The molecule has 1 fully saturated rings. The molecule has 0 spiro atoms. The van der Waals surface area contributed by atoms with E-state index >= 15 is 0 Å². The number of thioether (sulfide) groups is 1. The zero-order chi connectivity index (χ0) is 24.9. The first-order chi connectivity index (χ1) is 16.9. The summed E-state index contributed by atoms with van der Waals surface area (Å²) in [6.07, 6.45) is 8.74. The second-order valence-electron chi connectivity index (χ2n) is 8.69. The molecule has 0 atom stereocenters. The smallest absolute Gasteiger partial charge is 0.269 e. The van der Waals surface area contributed by atoms with Crippen LogP contribution in [0, 0.1) is 13.8 Å². The molecule has 0 radical (unpaired) electrons. The summed E-state index contributed by atoms with van der Waals surface area (Å²) in [5, 5.41) is 0. The summed E-state index contributed by atoms with van der Waals surface area (Å²) in [6, 6.07) is 11.2. The summed E-state index contributed by atoms with van der Waals surface area (Å²) >= 11 is 6.70. The fourth-order valence-corrected chi connectivity index (χ4v) is 5.27. The van der Waals surface area contributed by atoms with Gasteiger partial charge in [-0.05, 0) is 55.7 Å². The molecule has 35 heavy (non-hydrogen) atoms. The number of benzene rings is 1. The third-order valence-electron chi connectivity index (χ3n) is 5.89. The number of ether oxygens (including phenoxy) is 1. The van der Waals surface area contributed by atoms with Gasteiger partial charge in [-0.1, -0.05) is 74.8 Å². The van der Waals surface area contributed by atoms with E-state index in [4.69, 9.17) is 17.0 Å². The van der Waals surface area contributed by atoms with Crippen LogP contribution in [-0.4, -0.2) is 31.1 Å². The average Bonchev–Trinajstić information content (AvgIpc) is 3.09. The van der Waals surface area contributed by atoms with Gasteiger partial charge in [-0.15, -0.1) is 0 Å². The second-order valence-corrected chi connectivity index (χ2v) is 10.4. The molecule has 8 heteroatoms. The molecule has 1 aliphatic heterocycles. The maximum absolute atomic E-state index is 13.5. The number of amides is 1. The highest BCUT2D eigenvalue weighted by atomic mass is 32.2. The summed E-state index contributed by atoms with van der Waals surface area (Å²) in [6.45, 7) is 6.62. The topological polar surface area (TPSA) is 63.9 Å². The number of aromatic nitrogens is 2. The van der Waals surface area contributed by atoms with Crippen LogP contribution in [0.25, 0.3) is 11.7 Å². The third kappa shape index (κ3) is 5.65. The molecule has 1 saturated heterocycles. The van der Waals surface area contributed by atoms with Gasteiger partial charge in [0.25, 0.3) is 11.5 Å². The molecule has 0 bridgehead atoms. The van der Waals surface area contributed by atoms with Crippen LogP contribution in [0.5, 0.6) is 11.6 Å². The van der Waals surface area contributed by atoms with E-state index in [1.54, 1.807) is 23.2 Å². The highest BCUT2D eigenvalue weighted by Gasteiger charge is 2.32. The molecule has 0 saturated carbocycles. The number of thiocarbonyl (C=S) groups is 1. The zero-order valence-corrected chi connectivity index (χ0v) is 21.9. The van der Waals surface area contributed by atoms with Crippen molar-refractivity contribution in [3.63, 3.8) is 0 Å². The summed E-state index contributed by atoms with van der Waals surface area (Å²) in [5.41, 5.74) is 2.30. The number of carbonyl (C=O) groups excluding carboxylic acids is 1. The molecule has 2 aromatic heterocycles. The Morgan fingerprint density at radius 1 is 1.09 bits per heavy atom. The molecular weight excluding hydrogens is 478 g/mol. The minimum Gasteiger partial charge on any atom is -0.438 e. The Balaban J connectivity index is 1.71. The number of hydrogen-bond donors (Lipinski definition) is 0. The van der Waals surface area contributed by atoms with E-state index in [9.17, 15) is 9.59 Å². The summed E-state index contributed by atoms with van der Waals surface area (Å²) in [7, 11) is 0. The highest BCUT2D eigenvalue weighted by Crippen LogP contribution is 2.34. The minimum absolute atomic E-state index is 0.166. The lowest BCUT2D eigenvalue weighted by molar-refractivity contribution is -0.122. The lowest BCUT2D eigenvalue weighted by Crippen LogP contribution is -2.29. The molecule has 4 rings (SSSR count). The Labute approximate surface area is 215 Å². The van der Waals surface area contributed by atoms with Crippen LogP contribution in [0.4, 0.5) is 0 Å². The molecule has 0 N–H and O–H groups in total. The van der Waals surface area contributed by atoms with Crippen molar-refractivity contribution >= 4 is 45.9 Å². The predicted molar refractivity (Wildman–Crippen MR) is 146 cm³/mol. The predicted octanol–water partition coefficient (Wildman–Crippen LogP) is 6.28. The normalized spacial score (nSPS) is 14.9. The second kappa shape index (κ2) is 11.2. The molecule has 3 aromatic rings. The van der Waals surface area contributed by atoms with Crippen molar-refractivity contribution in [3.05, 3.63) is 74.5 Å². The van der Waals surface area contributed by atoms with Crippen molar-refractivity contribution < 1.29 is 9.53 Å². The average molecular weight is 508 g/mol.